The largest absolute Gasteiger partial charge is 0.490 e. The number of ether oxygens (including phenoxy) is 1. The van der Waals surface area contributed by atoms with E-state index in [0.29, 0.717) is 17.5 Å². The van der Waals surface area contributed by atoms with Crippen LogP contribution in [0.15, 0.2) is 24.3 Å². The molecule has 0 saturated heterocycles. The number of benzene rings is 1. The predicted octanol–water partition coefficient (Wildman–Crippen LogP) is 3.72. The van der Waals surface area contributed by atoms with Crippen molar-refractivity contribution in [2.24, 2.45) is 17.6 Å². The Morgan fingerprint density at radius 1 is 1.21 bits per heavy atom. The molecule has 0 spiro atoms. The first-order chi connectivity index (χ1) is 9.04. The van der Waals surface area contributed by atoms with Crippen molar-refractivity contribution in [3.8, 4) is 5.75 Å². The molecule has 0 bridgehead atoms. The highest BCUT2D eigenvalue weighted by Gasteiger charge is 2.25. The molecule has 0 aliphatic heterocycles. The van der Waals surface area contributed by atoms with E-state index in [9.17, 15) is 0 Å². The lowest BCUT2D eigenvalue weighted by Gasteiger charge is -2.32. The van der Waals surface area contributed by atoms with E-state index in [2.05, 4.69) is 13.8 Å². The summed E-state index contributed by atoms with van der Waals surface area (Å²) in [5.74, 6) is 2.54. The molecule has 2 N–H and O–H groups in total. The first-order valence-corrected chi connectivity index (χ1v) is 7.49. The molecule has 2 rings (SSSR count). The van der Waals surface area contributed by atoms with Crippen molar-refractivity contribution in [2.75, 3.05) is 0 Å². The molecule has 1 aromatic carbocycles. The molecule has 0 aromatic heterocycles. The molecule has 1 aliphatic carbocycles. The highest BCUT2D eigenvalue weighted by atomic mass is 32.1. The summed E-state index contributed by atoms with van der Waals surface area (Å²) in [5.41, 5.74) is 6.68. The van der Waals surface area contributed by atoms with Crippen LogP contribution in [-0.2, 0) is 6.42 Å². The molecular formula is C16H23NOS. The third-order valence-corrected chi connectivity index (χ3v) is 4.30. The van der Waals surface area contributed by atoms with Crippen LogP contribution in [0, 0.1) is 11.8 Å². The zero-order chi connectivity index (χ0) is 13.8. The van der Waals surface area contributed by atoms with Gasteiger partial charge in [0.1, 0.15) is 5.75 Å². The molecule has 104 valence electrons. The molecular weight excluding hydrogens is 254 g/mol. The van der Waals surface area contributed by atoms with E-state index in [-0.39, 0.29) is 0 Å². The molecule has 1 aliphatic rings. The number of hydrogen-bond acceptors (Lipinski definition) is 2. The topological polar surface area (TPSA) is 35.2 Å². The summed E-state index contributed by atoms with van der Waals surface area (Å²) in [7, 11) is 0. The summed E-state index contributed by atoms with van der Waals surface area (Å²) in [4.78, 5) is 0.531. The highest BCUT2D eigenvalue weighted by molar-refractivity contribution is 7.80. The van der Waals surface area contributed by atoms with Gasteiger partial charge in [-0.25, -0.2) is 0 Å². The number of rotatable bonds is 4. The van der Waals surface area contributed by atoms with E-state index in [4.69, 9.17) is 22.7 Å². The van der Waals surface area contributed by atoms with Gasteiger partial charge in [-0.05, 0) is 48.8 Å². The fourth-order valence-corrected chi connectivity index (χ4v) is 2.85. The molecule has 3 atom stereocenters. The van der Waals surface area contributed by atoms with Gasteiger partial charge in [0.15, 0.2) is 0 Å². The zero-order valence-corrected chi connectivity index (χ0v) is 12.6. The molecule has 0 amide bonds. The minimum atomic E-state index is 0.368. The maximum absolute atomic E-state index is 6.07. The van der Waals surface area contributed by atoms with Crippen LogP contribution in [0.3, 0.4) is 0 Å². The maximum Gasteiger partial charge on any atom is 0.119 e. The average molecular weight is 277 g/mol. The fourth-order valence-electron chi connectivity index (χ4n) is 2.68. The monoisotopic (exact) mass is 277 g/mol. The molecule has 2 nitrogen and oxygen atoms in total. The lowest BCUT2D eigenvalue weighted by Crippen LogP contribution is -2.28. The Bertz CT molecular complexity index is 429. The smallest absolute Gasteiger partial charge is 0.119 e. The lowest BCUT2D eigenvalue weighted by atomic mass is 9.80. The summed E-state index contributed by atoms with van der Waals surface area (Å²) in [6.07, 6.45) is 4.63. The van der Waals surface area contributed by atoms with Crippen LogP contribution in [0.1, 0.15) is 38.7 Å². The number of nitrogens with two attached hydrogens (primary N) is 1. The maximum atomic E-state index is 6.07. The second-order valence-electron chi connectivity index (χ2n) is 5.79. The van der Waals surface area contributed by atoms with Crippen molar-refractivity contribution in [3.63, 3.8) is 0 Å². The van der Waals surface area contributed by atoms with E-state index in [1.165, 1.54) is 12.8 Å². The summed E-state index contributed by atoms with van der Waals surface area (Å²) in [5, 5.41) is 0. The molecule has 19 heavy (non-hydrogen) atoms. The van der Waals surface area contributed by atoms with Crippen LogP contribution in [-0.4, -0.2) is 11.1 Å². The van der Waals surface area contributed by atoms with Crippen LogP contribution in [0.5, 0.6) is 5.75 Å². The van der Waals surface area contributed by atoms with Crippen LogP contribution in [0.25, 0.3) is 0 Å². The van der Waals surface area contributed by atoms with E-state index >= 15 is 0 Å². The second kappa shape index (κ2) is 6.38. The molecule has 0 heterocycles. The van der Waals surface area contributed by atoms with Crippen LogP contribution in [0.2, 0.25) is 0 Å². The predicted molar refractivity (Wildman–Crippen MR) is 83.5 cm³/mol. The van der Waals surface area contributed by atoms with Gasteiger partial charge < -0.3 is 10.5 Å². The Morgan fingerprint density at radius 2 is 1.89 bits per heavy atom. The van der Waals surface area contributed by atoms with Gasteiger partial charge in [-0.2, -0.15) is 0 Å². The van der Waals surface area contributed by atoms with E-state index in [0.717, 1.165) is 29.6 Å². The first kappa shape index (κ1) is 14.3. The van der Waals surface area contributed by atoms with Gasteiger partial charge in [0, 0.05) is 6.42 Å². The molecule has 0 radical (unpaired) electrons. The third-order valence-electron chi connectivity index (χ3n) is 4.15. The van der Waals surface area contributed by atoms with Crippen molar-refractivity contribution < 1.29 is 4.74 Å². The van der Waals surface area contributed by atoms with Gasteiger partial charge in [0.25, 0.3) is 0 Å². The van der Waals surface area contributed by atoms with Crippen LogP contribution >= 0.6 is 12.2 Å². The van der Waals surface area contributed by atoms with E-state index in [1.807, 2.05) is 24.3 Å². The van der Waals surface area contributed by atoms with Gasteiger partial charge in [-0.15, -0.1) is 0 Å². The normalized spacial score (nSPS) is 26.9. The number of hydrogen-bond donors (Lipinski definition) is 1. The SMILES string of the molecule is CC1CCC(Oc2ccc(CC(N)=S)cc2)CC1C. The Balaban J connectivity index is 1.91. The molecule has 1 saturated carbocycles. The van der Waals surface area contributed by atoms with Crippen molar-refractivity contribution in [3.05, 3.63) is 29.8 Å². The third kappa shape index (κ3) is 4.20. The van der Waals surface area contributed by atoms with Crippen molar-refractivity contribution in [1.82, 2.24) is 0 Å². The molecule has 3 unspecified atom stereocenters. The Hall–Kier alpha value is -1.09. The standard InChI is InChI=1S/C16H23NOS/c1-11-3-6-15(9-12(11)2)18-14-7-4-13(5-8-14)10-16(17)19/h4-5,7-8,11-12,15H,3,6,9-10H2,1-2H3,(H2,17,19). The summed E-state index contributed by atoms with van der Waals surface area (Å²) in [6.45, 7) is 4.66. The van der Waals surface area contributed by atoms with Crippen LogP contribution < -0.4 is 10.5 Å². The van der Waals surface area contributed by atoms with Gasteiger partial charge in [-0.1, -0.05) is 38.2 Å². The van der Waals surface area contributed by atoms with Gasteiger partial charge >= 0.3 is 0 Å². The van der Waals surface area contributed by atoms with Gasteiger partial charge in [-0.3, -0.25) is 0 Å². The molecule has 1 fully saturated rings. The average Bonchev–Trinajstić information content (AvgIpc) is 2.36. The zero-order valence-electron chi connectivity index (χ0n) is 11.8. The number of thiocarbonyl (C=S) groups is 1. The van der Waals surface area contributed by atoms with Gasteiger partial charge in [0.05, 0.1) is 11.1 Å². The Labute approximate surface area is 121 Å². The Morgan fingerprint density at radius 3 is 2.47 bits per heavy atom. The van der Waals surface area contributed by atoms with Crippen molar-refractivity contribution in [1.29, 1.82) is 0 Å². The summed E-state index contributed by atoms with van der Waals surface area (Å²) in [6, 6.07) is 8.14. The second-order valence-corrected chi connectivity index (χ2v) is 6.32. The molecule has 3 heteroatoms. The highest BCUT2D eigenvalue weighted by Crippen LogP contribution is 2.31. The fraction of sp³-hybridized carbons (Fsp3) is 0.562. The quantitative estimate of drug-likeness (QED) is 0.852. The van der Waals surface area contributed by atoms with E-state index < -0.39 is 0 Å². The van der Waals surface area contributed by atoms with Gasteiger partial charge in [0.2, 0.25) is 0 Å². The Kier molecular flexibility index (Phi) is 4.81. The summed E-state index contributed by atoms with van der Waals surface area (Å²) < 4.78 is 6.07. The van der Waals surface area contributed by atoms with Crippen molar-refractivity contribution in [2.45, 2.75) is 45.6 Å². The molecule has 1 aromatic rings. The van der Waals surface area contributed by atoms with Crippen LogP contribution in [0.4, 0.5) is 0 Å². The first-order valence-electron chi connectivity index (χ1n) is 7.08. The summed E-state index contributed by atoms with van der Waals surface area (Å²) >= 11 is 4.91. The van der Waals surface area contributed by atoms with Crippen molar-refractivity contribution >= 4 is 17.2 Å². The minimum absolute atomic E-state index is 0.368. The lowest BCUT2D eigenvalue weighted by molar-refractivity contribution is 0.101. The minimum Gasteiger partial charge on any atom is -0.490 e. The van der Waals surface area contributed by atoms with E-state index in [1.54, 1.807) is 0 Å².